The molecule has 0 bridgehead atoms. The highest BCUT2D eigenvalue weighted by Gasteiger charge is 2.34. The number of ether oxygens (including phenoxy) is 1. The number of hydrogen-bond donors (Lipinski definition) is 0. The van der Waals surface area contributed by atoms with Gasteiger partial charge in [-0.1, -0.05) is 31.5 Å². The Morgan fingerprint density at radius 2 is 1.70 bits per heavy atom. The zero-order valence-corrected chi connectivity index (χ0v) is 14.4. The first-order valence-electron chi connectivity index (χ1n) is 8.40. The lowest BCUT2D eigenvalue weighted by Crippen LogP contribution is -2.09. The maximum atomic E-state index is 14.1. The van der Waals surface area contributed by atoms with E-state index >= 15 is 0 Å². The average molecular weight is 376 g/mol. The molecule has 0 aliphatic heterocycles. The molecule has 0 aliphatic rings. The van der Waals surface area contributed by atoms with Gasteiger partial charge >= 0.3 is 12.1 Å². The zero-order chi connectivity index (χ0) is 19.6. The summed E-state index contributed by atoms with van der Waals surface area (Å²) in [5.74, 6) is -1.81. The smallest absolute Gasteiger partial charge is 0.419 e. The number of esters is 1. The predicted molar refractivity (Wildman–Crippen MR) is 94.3 cm³/mol. The van der Waals surface area contributed by atoms with E-state index in [0.717, 1.165) is 24.5 Å². The first-order valence-corrected chi connectivity index (χ1v) is 8.40. The predicted octanol–water partition coefficient (Wildman–Crippen LogP) is 6.17. The lowest BCUT2D eigenvalue weighted by atomic mass is 10.1. The summed E-state index contributed by atoms with van der Waals surface area (Å²) in [5.41, 5.74) is 0.135. The van der Waals surface area contributed by atoms with Crippen LogP contribution in [-0.2, 0) is 12.6 Å². The molecule has 2 nitrogen and oxygen atoms in total. The van der Waals surface area contributed by atoms with Gasteiger partial charge in [0.05, 0.1) is 11.1 Å². The van der Waals surface area contributed by atoms with Crippen LogP contribution in [0.1, 0.15) is 34.8 Å². The number of fused-ring (bicyclic) bond motifs is 1. The van der Waals surface area contributed by atoms with Gasteiger partial charge in [0.15, 0.2) is 0 Å². The van der Waals surface area contributed by atoms with Crippen LogP contribution in [-0.4, -0.2) is 5.97 Å². The number of halogens is 4. The molecule has 0 aliphatic carbocycles. The number of benzene rings is 3. The van der Waals surface area contributed by atoms with Crippen LogP contribution < -0.4 is 4.74 Å². The first kappa shape index (κ1) is 18.9. The maximum Gasteiger partial charge on any atom is 0.419 e. The van der Waals surface area contributed by atoms with Crippen LogP contribution in [0.25, 0.3) is 10.8 Å². The summed E-state index contributed by atoms with van der Waals surface area (Å²) >= 11 is 0. The molecule has 0 N–H and O–H groups in total. The molecule has 0 atom stereocenters. The van der Waals surface area contributed by atoms with Crippen molar-refractivity contribution in [2.24, 2.45) is 0 Å². The van der Waals surface area contributed by atoms with Gasteiger partial charge in [-0.25, -0.2) is 9.18 Å². The summed E-state index contributed by atoms with van der Waals surface area (Å²) in [5, 5.41) is 0.0256. The van der Waals surface area contributed by atoms with E-state index in [0.29, 0.717) is 11.6 Å². The van der Waals surface area contributed by atoms with Crippen LogP contribution in [0, 0.1) is 5.82 Å². The topological polar surface area (TPSA) is 26.3 Å². The Balaban J connectivity index is 1.84. The summed E-state index contributed by atoms with van der Waals surface area (Å²) in [4.78, 5) is 12.2. The van der Waals surface area contributed by atoms with Gasteiger partial charge in [-0.15, -0.1) is 0 Å². The average Bonchev–Trinajstić information content (AvgIpc) is 2.61. The van der Waals surface area contributed by atoms with Gasteiger partial charge < -0.3 is 4.74 Å². The Morgan fingerprint density at radius 3 is 2.33 bits per heavy atom. The Morgan fingerprint density at radius 1 is 1.00 bits per heavy atom. The van der Waals surface area contributed by atoms with Gasteiger partial charge in [-0.05, 0) is 53.8 Å². The standard InChI is InChI=1S/C21H16F4O2/c1-2-3-13-4-6-14(7-5-13)20(26)27-16-9-10-17-15(12-16)8-11-18(19(17)22)21(23,24)25/h4-12H,2-3H2,1H3. The molecule has 3 aromatic carbocycles. The molecule has 0 amide bonds. The normalized spacial score (nSPS) is 11.6. The fourth-order valence-corrected chi connectivity index (χ4v) is 2.81. The molecular formula is C21H16F4O2. The molecule has 0 spiro atoms. The van der Waals surface area contributed by atoms with Gasteiger partial charge in [0.1, 0.15) is 11.6 Å². The molecular weight excluding hydrogens is 360 g/mol. The van der Waals surface area contributed by atoms with Crippen LogP contribution >= 0.6 is 0 Å². The molecule has 0 unspecified atom stereocenters. The van der Waals surface area contributed by atoms with E-state index in [1.807, 2.05) is 12.1 Å². The van der Waals surface area contributed by atoms with E-state index in [1.165, 1.54) is 18.2 Å². The molecule has 140 valence electrons. The Bertz CT molecular complexity index is 976. The van der Waals surface area contributed by atoms with E-state index in [4.69, 9.17) is 4.74 Å². The lowest BCUT2D eigenvalue weighted by Gasteiger charge is -2.11. The molecule has 6 heteroatoms. The van der Waals surface area contributed by atoms with E-state index in [-0.39, 0.29) is 16.5 Å². The number of hydrogen-bond acceptors (Lipinski definition) is 2. The monoisotopic (exact) mass is 376 g/mol. The summed E-state index contributed by atoms with van der Waals surface area (Å²) in [7, 11) is 0. The number of alkyl halides is 3. The molecule has 0 fully saturated rings. The van der Waals surface area contributed by atoms with Crippen molar-refractivity contribution in [1.29, 1.82) is 0 Å². The highest BCUT2D eigenvalue weighted by atomic mass is 19.4. The van der Waals surface area contributed by atoms with Crippen molar-refractivity contribution < 1.29 is 27.1 Å². The second-order valence-corrected chi connectivity index (χ2v) is 6.14. The van der Waals surface area contributed by atoms with Crippen LogP contribution in [0.3, 0.4) is 0 Å². The van der Waals surface area contributed by atoms with Crippen LogP contribution in [0.2, 0.25) is 0 Å². The SMILES string of the molecule is CCCc1ccc(C(=O)Oc2ccc3c(F)c(C(F)(F)F)ccc3c2)cc1. The van der Waals surface area contributed by atoms with Crippen LogP contribution in [0.5, 0.6) is 5.75 Å². The molecule has 0 aromatic heterocycles. The molecule has 0 heterocycles. The summed E-state index contributed by atoms with van der Waals surface area (Å²) in [6, 6.07) is 12.6. The Hall–Kier alpha value is -2.89. The van der Waals surface area contributed by atoms with Crippen molar-refractivity contribution in [2.75, 3.05) is 0 Å². The highest BCUT2D eigenvalue weighted by molar-refractivity contribution is 5.92. The van der Waals surface area contributed by atoms with Crippen LogP contribution in [0.4, 0.5) is 17.6 Å². The van der Waals surface area contributed by atoms with Gasteiger partial charge in [0.25, 0.3) is 0 Å². The number of carbonyl (C=O) groups is 1. The second kappa shape index (κ2) is 7.39. The van der Waals surface area contributed by atoms with Crippen molar-refractivity contribution >= 4 is 16.7 Å². The van der Waals surface area contributed by atoms with E-state index in [1.54, 1.807) is 12.1 Å². The number of carbonyl (C=O) groups excluding carboxylic acids is 1. The fraction of sp³-hybridized carbons (Fsp3) is 0.190. The van der Waals surface area contributed by atoms with Crippen LogP contribution in [0.15, 0.2) is 54.6 Å². The minimum absolute atomic E-state index is 0.129. The van der Waals surface area contributed by atoms with Crippen molar-refractivity contribution in [3.05, 3.63) is 77.1 Å². The quantitative estimate of drug-likeness (QED) is 0.309. The highest BCUT2D eigenvalue weighted by Crippen LogP contribution is 2.35. The van der Waals surface area contributed by atoms with Gasteiger partial charge in [-0.2, -0.15) is 13.2 Å². The first-order chi connectivity index (χ1) is 12.8. The van der Waals surface area contributed by atoms with E-state index in [2.05, 4.69) is 6.92 Å². The number of rotatable bonds is 4. The number of aryl methyl sites for hydroxylation is 1. The molecule has 0 saturated heterocycles. The minimum atomic E-state index is -4.77. The maximum absolute atomic E-state index is 14.1. The summed E-state index contributed by atoms with van der Waals surface area (Å²) < 4.78 is 57.7. The molecule has 0 radical (unpaired) electrons. The molecule has 3 aromatic rings. The van der Waals surface area contributed by atoms with Gasteiger partial charge in [0, 0.05) is 5.39 Å². The van der Waals surface area contributed by atoms with Crippen molar-refractivity contribution in [1.82, 2.24) is 0 Å². The second-order valence-electron chi connectivity index (χ2n) is 6.14. The molecule has 27 heavy (non-hydrogen) atoms. The zero-order valence-electron chi connectivity index (χ0n) is 14.4. The third-order valence-electron chi connectivity index (χ3n) is 4.17. The minimum Gasteiger partial charge on any atom is -0.423 e. The third kappa shape index (κ3) is 4.10. The van der Waals surface area contributed by atoms with E-state index in [9.17, 15) is 22.4 Å². The molecule has 0 saturated carbocycles. The molecule has 3 rings (SSSR count). The van der Waals surface area contributed by atoms with Crippen molar-refractivity contribution in [2.45, 2.75) is 25.9 Å². The van der Waals surface area contributed by atoms with E-state index < -0.39 is 23.5 Å². The summed E-state index contributed by atoms with van der Waals surface area (Å²) in [6.07, 6.45) is -2.87. The van der Waals surface area contributed by atoms with Gasteiger partial charge in [-0.3, -0.25) is 0 Å². The third-order valence-corrected chi connectivity index (χ3v) is 4.17. The Kier molecular flexibility index (Phi) is 5.17. The largest absolute Gasteiger partial charge is 0.423 e. The van der Waals surface area contributed by atoms with Crippen molar-refractivity contribution in [3.8, 4) is 5.75 Å². The summed E-state index contributed by atoms with van der Waals surface area (Å²) in [6.45, 7) is 2.06. The Labute approximate surface area is 153 Å². The lowest BCUT2D eigenvalue weighted by molar-refractivity contribution is -0.139. The van der Waals surface area contributed by atoms with Crippen molar-refractivity contribution in [3.63, 3.8) is 0 Å². The van der Waals surface area contributed by atoms with Gasteiger partial charge in [0.2, 0.25) is 0 Å². The fourth-order valence-electron chi connectivity index (χ4n) is 2.81.